The molecule has 0 atom stereocenters. The van der Waals surface area contributed by atoms with Crippen molar-refractivity contribution in [2.45, 2.75) is 31.7 Å². The van der Waals surface area contributed by atoms with Crippen LogP contribution in [0, 0.1) is 0 Å². The van der Waals surface area contributed by atoms with Crippen LogP contribution in [0.15, 0.2) is 53.4 Å². The minimum atomic E-state index is -3.88. The van der Waals surface area contributed by atoms with E-state index in [0.717, 1.165) is 28.6 Å². The summed E-state index contributed by atoms with van der Waals surface area (Å²) in [6.45, 7) is 6.22. The molecule has 0 bridgehead atoms. The van der Waals surface area contributed by atoms with Gasteiger partial charge in [-0.2, -0.15) is 0 Å². The van der Waals surface area contributed by atoms with Crippen LogP contribution in [0.2, 0.25) is 0 Å². The van der Waals surface area contributed by atoms with Crippen molar-refractivity contribution < 1.29 is 18.0 Å². The third kappa shape index (κ3) is 4.27. The first kappa shape index (κ1) is 20.9. The Morgan fingerprint density at radius 1 is 1.03 bits per heavy atom. The summed E-state index contributed by atoms with van der Waals surface area (Å²) < 4.78 is 25.8. The number of anilines is 1. The van der Waals surface area contributed by atoms with Crippen LogP contribution in [0.1, 0.15) is 36.2 Å². The van der Waals surface area contributed by atoms with Crippen molar-refractivity contribution in [2.24, 2.45) is 0 Å². The molecule has 1 N–H and O–H groups in total. The molecule has 1 aliphatic heterocycles. The normalized spacial score (nSPS) is 14.6. The topological polar surface area (TPSA) is 86.8 Å². The zero-order chi connectivity index (χ0) is 21.0. The minimum absolute atomic E-state index is 0.00120. The molecule has 0 saturated carbocycles. The Labute approximate surface area is 171 Å². The molecule has 0 aromatic heterocycles. The first-order chi connectivity index (χ1) is 13.9. The molecule has 0 spiro atoms. The first-order valence-electron chi connectivity index (χ1n) is 9.65. The number of amides is 2. The molecule has 2 aromatic rings. The molecule has 0 radical (unpaired) electrons. The van der Waals surface area contributed by atoms with Gasteiger partial charge in [0.1, 0.15) is 4.90 Å². The van der Waals surface area contributed by atoms with Crippen molar-refractivity contribution in [2.75, 3.05) is 24.5 Å². The smallest absolute Gasteiger partial charge is 0.269 e. The molecule has 0 aliphatic carbocycles. The lowest BCUT2D eigenvalue weighted by molar-refractivity contribution is -0.121. The molecule has 2 amide bonds. The van der Waals surface area contributed by atoms with Crippen LogP contribution in [0.25, 0.3) is 0 Å². The molecule has 8 heteroatoms. The van der Waals surface area contributed by atoms with E-state index in [1.165, 1.54) is 12.1 Å². The zero-order valence-electron chi connectivity index (χ0n) is 16.6. The third-order valence-corrected chi connectivity index (χ3v) is 6.85. The number of nitrogens with zero attached hydrogens (tertiary/aromatic N) is 2. The Bertz CT molecular complexity index is 999. The van der Waals surface area contributed by atoms with Gasteiger partial charge in [-0.3, -0.25) is 9.59 Å². The van der Waals surface area contributed by atoms with Crippen LogP contribution in [-0.2, 0) is 21.4 Å². The van der Waals surface area contributed by atoms with E-state index in [1.54, 1.807) is 12.1 Å². The Morgan fingerprint density at radius 3 is 2.31 bits per heavy atom. The number of carbonyl (C=O) groups is 2. The fraction of sp³-hybridized carbons (Fsp3) is 0.333. The summed E-state index contributed by atoms with van der Waals surface area (Å²) in [5.41, 5.74) is 2.23. The van der Waals surface area contributed by atoms with Crippen molar-refractivity contribution in [3.05, 3.63) is 59.7 Å². The van der Waals surface area contributed by atoms with E-state index in [-0.39, 0.29) is 29.3 Å². The van der Waals surface area contributed by atoms with Gasteiger partial charge in [0.2, 0.25) is 5.91 Å². The summed E-state index contributed by atoms with van der Waals surface area (Å²) >= 11 is 0. The van der Waals surface area contributed by atoms with Gasteiger partial charge in [-0.05, 0) is 43.7 Å². The largest absolute Gasteiger partial charge is 0.372 e. The van der Waals surface area contributed by atoms with Crippen LogP contribution >= 0.6 is 0 Å². The second-order valence-corrected chi connectivity index (χ2v) is 8.57. The van der Waals surface area contributed by atoms with E-state index in [4.69, 9.17) is 0 Å². The highest BCUT2D eigenvalue weighted by Crippen LogP contribution is 2.29. The summed E-state index contributed by atoms with van der Waals surface area (Å²) in [6.07, 6.45) is -0.0868. The highest BCUT2D eigenvalue weighted by Gasteiger charge is 2.40. The quantitative estimate of drug-likeness (QED) is 0.715. The standard InChI is InChI=1S/C21H25N3O4S/c1-3-23(4-2)17-11-9-16(10-12-17)15-22-20(25)13-14-24-21(26)18-7-5-6-8-19(18)29(24,27)28/h5-12H,3-4,13-15H2,1-2H3,(H,22,25). The monoisotopic (exact) mass is 415 g/mol. The lowest BCUT2D eigenvalue weighted by Crippen LogP contribution is -2.34. The van der Waals surface area contributed by atoms with E-state index in [1.807, 2.05) is 24.3 Å². The lowest BCUT2D eigenvalue weighted by atomic mass is 10.2. The second kappa shape index (κ2) is 8.65. The SMILES string of the molecule is CCN(CC)c1ccc(CNC(=O)CCN2C(=O)c3ccccc3S2(=O)=O)cc1. The van der Waals surface area contributed by atoms with E-state index in [0.29, 0.717) is 6.54 Å². The van der Waals surface area contributed by atoms with Gasteiger partial charge in [0.05, 0.1) is 5.56 Å². The highest BCUT2D eigenvalue weighted by molar-refractivity contribution is 7.90. The number of hydrogen-bond acceptors (Lipinski definition) is 5. The number of nitrogens with one attached hydrogen (secondary N) is 1. The minimum Gasteiger partial charge on any atom is -0.372 e. The van der Waals surface area contributed by atoms with Crippen molar-refractivity contribution in [1.82, 2.24) is 9.62 Å². The first-order valence-corrected chi connectivity index (χ1v) is 11.1. The zero-order valence-corrected chi connectivity index (χ0v) is 17.4. The molecule has 0 saturated heterocycles. The summed E-state index contributed by atoms with van der Waals surface area (Å²) in [4.78, 5) is 26.8. The molecule has 29 heavy (non-hydrogen) atoms. The van der Waals surface area contributed by atoms with Crippen molar-refractivity contribution in [3.8, 4) is 0 Å². The van der Waals surface area contributed by atoms with Gasteiger partial charge in [0.25, 0.3) is 15.9 Å². The second-order valence-electron chi connectivity index (χ2n) is 6.74. The number of rotatable bonds is 8. The van der Waals surface area contributed by atoms with Gasteiger partial charge in [0.15, 0.2) is 0 Å². The number of sulfonamides is 1. The third-order valence-electron chi connectivity index (χ3n) is 5.01. The Hall–Kier alpha value is -2.87. The average Bonchev–Trinajstić information content (AvgIpc) is 2.92. The molecular weight excluding hydrogens is 390 g/mol. The highest BCUT2D eigenvalue weighted by atomic mass is 32.2. The van der Waals surface area contributed by atoms with Gasteiger partial charge in [-0.1, -0.05) is 24.3 Å². The Morgan fingerprint density at radius 2 is 1.69 bits per heavy atom. The van der Waals surface area contributed by atoms with Gasteiger partial charge in [-0.15, -0.1) is 0 Å². The van der Waals surface area contributed by atoms with Gasteiger partial charge in [0, 0.05) is 38.3 Å². The van der Waals surface area contributed by atoms with Crippen molar-refractivity contribution >= 4 is 27.5 Å². The molecule has 1 aliphatic rings. The molecule has 0 fully saturated rings. The summed E-state index contributed by atoms with van der Waals surface area (Å²) in [5, 5.41) is 2.78. The summed E-state index contributed by atoms with van der Waals surface area (Å²) in [5.74, 6) is -0.892. The van der Waals surface area contributed by atoms with Crippen LogP contribution in [-0.4, -0.2) is 44.2 Å². The number of carbonyl (C=O) groups excluding carboxylic acids is 2. The van der Waals surface area contributed by atoms with Crippen molar-refractivity contribution in [3.63, 3.8) is 0 Å². The Kier molecular flexibility index (Phi) is 6.22. The maximum absolute atomic E-state index is 12.5. The number of benzene rings is 2. The Balaban J connectivity index is 1.54. The van der Waals surface area contributed by atoms with E-state index in [9.17, 15) is 18.0 Å². The van der Waals surface area contributed by atoms with E-state index in [2.05, 4.69) is 24.1 Å². The number of fused-ring (bicyclic) bond motifs is 1. The predicted molar refractivity (Wildman–Crippen MR) is 111 cm³/mol. The fourth-order valence-electron chi connectivity index (χ4n) is 3.36. The van der Waals surface area contributed by atoms with Crippen molar-refractivity contribution in [1.29, 1.82) is 0 Å². The molecule has 2 aromatic carbocycles. The molecule has 3 rings (SSSR count). The van der Waals surface area contributed by atoms with E-state index >= 15 is 0 Å². The molecule has 1 heterocycles. The fourth-order valence-corrected chi connectivity index (χ4v) is 4.93. The summed E-state index contributed by atoms with van der Waals surface area (Å²) in [7, 11) is -3.88. The summed E-state index contributed by atoms with van der Waals surface area (Å²) in [6, 6.07) is 14.0. The van der Waals surface area contributed by atoms with Gasteiger partial charge >= 0.3 is 0 Å². The van der Waals surface area contributed by atoms with Crippen LogP contribution in [0.3, 0.4) is 0 Å². The van der Waals surface area contributed by atoms with Crippen LogP contribution < -0.4 is 10.2 Å². The predicted octanol–water partition coefficient (Wildman–Crippen LogP) is 2.38. The van der Waals surface area contributed by atoms with Crippen LogP contribution in [0.5, 0.6) is 0 Å². The molecule has 154 valence electrons. The van der Waals surface area contributed by atoms with Crippen LogP contribution in [0.4, 0.5) is 5.69 Å². The molecule has 7 nitrogen and oxygen atoms in total. The number of hydrogen-bond donors (Lipinski definition) is 1. The van der Waals surface area contributed by atoms with E-state index < -0.39 is 15.9 Å². The molecular formula is C21H25N3O4S. The average molecular weight is 416 g/mol. The maximum Gasteiger partial charge on any atom is 0.269 e. The van der Waals surface area contributed by atoms with Gasteiger partial charge in [-0.25, -0.2) is 12.7 Å². The lowest BCUT2D eigenvalue weighted by Gasteiger charge is -2.21. The molecule has 0 unspecified atom stereocenters. The maximum atomic E-state index is 12.5. The van der Waals surface area contributed by atoms with Gasteiger partial charge < -0.3 is 10.2 Å².